The highest BCUT2D eigenvalue weighted by atomic mass is 16.6. The van der Waals surface area contributed by atoms with Crippen LogP contribution in [-0.4, -0.2) is 54.9 Å². The van der Waals surface area contributed by atoms with Crippen molar-refractivity contribution in [2.75, 3.05) is 6.61 Å². The van der Waals surface area contributed by atoms with Crippen molar-refractivity contribution in [2.24, 2.45) is 0 Å². The maximum atomic E-state index is 11.8. The minimum Gasteiger partial charge on any atom is -0.462 e. The van der Waals surface area contributed by atoms with E-state index >= 15 is 0 Å². The molecule has 0 aliphatic carbocycles. The average molecular weight is 493 g/mol. The van der Waals surface area contributed by atoms with Crippen molar-refractivity contribution in [3.05, 3.63) is 48.6 Å². The van der Waals surface area contributed by atoms with Crippen LogP contribution in [0.4, 0.5) is 0 Å². The Kier molecular flexibility index (Phi) is 14.0. The molecule has 1 aromatic rings. The van der Waals surface area contributed by atoms with Crippen molar-refractivity contribution in [2.45, 2.75) is 84.4 Å². The van der Waals surface area contributed by atoms with Crippen LogP contribution in [0, 0.1) is 0 Å². The van der Waals surface area contributed by atoms with E-state index in [0.717, 1.165) is 5.56 Å². The van der Waals surface area contributed by atoms with Gasteiger partial charge in [0, 0.05) is 53.4 Å². The van der Waals surface area contributed by atoms with Gasteiger partial charge in [-0.3, -0.25) is 19.2 Å². The summed E-state index contributed by atoms with van der Waals surface area (Å²) in [6.07, 6.45) is -0.482. The van der Waals surface area contributed by atoms with Gasteiger partial charge in [-0.05, 0) is 5.56 Å². The molecule has 0 aromatic heterocycles. The first-order chi connectivity index (χ1) is 16.6. The molecule has 0 aliphatic heterocycles. The fourth-order valence-electron chi connectivity index (χ4n) is 3.54. The third kappa shape index (κ3) is 14.6. The minimum absolute atomic E-state index is 0.118. The predicted molar refractivity (Wildman–Crippen MR) is 127 cm³/mol. The predicted octanol–water partition coefficient (Wildman–Crippen LogP) is 3.68. The highest BCUT2D eigenvalue weighted by Crippen LogP contribution is 2.21. The molecule has 0 saturated carbocycles. The highest BCUT2D eigenvalue weighted by Gasteiger charge is 2.28. The summed E-state index contributed by atoms with van der Waals surface area (Å²) >= 11 is 0. The van der Waals surface area contributed by atoms with E-state index in [9.17, 15) is 19.2 Å². The Balaban J connectivity index is 2.84. The second-order valence-corrected chi connectivity index (χ2v) is 8.11. The van der Waals surface area contributed by atoms with Gasteiger partial charge in [0.1, 0.15) is 24.4 Å². The van der Waals surface area contributed by atoms with Crippen molar-refractivity contribution < 1.29 is 42.9 Å². The Morgan fingerprint density at radius 3 is 1.74 bits per heavy atom. The first kappa shape index (κ1) is 29.8. The molecule has 1 aromatic carbocycles. The van der Waals surface area contributed by atoms with Crippen molar-refractivity contribution in [1.82, 2.24) is 0 Å². The molecule has 0 spiro atoms. The fourth-order valence-corrected chi connectivity index (χ4v) is 3.54. The largest absolute Gasteiger partial charge is 0.462 e. The van der Waals surface area contributed by atoms with Gasteiger partial charge in [-0.1, -0.05) is 43.0 Å². The molecule has 9 nitrogen and oxygen atoms in total. The summed E-state index contributed by atoms with van der Waals surface area (Å²) in [5, 5.41) is 0. The normalized spacial score (nSPS) is 14.1. The Bertz CT molecular complexity index is 821. The lowest BCUT2D eigenvalue weighted by atomic mass is 9.99. The molecule has 4 atom stereocenters. The molecular formula is C26H36O9. The minimum atomic E-state index is -0.730. The number of carbonyl (C=O) groups excluding carboxylic acids is 4. The molecule has 0 aliphatic rings. The molecule has 0 N–H and O–H groups in total. The quantitative estimate of drug-likeness (QED) is 0.147. The number of esters is 4. The summed E-state index contributed by atoms with van der Waals surface area (Å²) in [4.78, 5) is 46.4. The van der Waals surface area contributed by atoms with E-state index in [2.05, 4.69) is 6.58 Å². The SMILES string of the molecule is C=C[C@H](C[C@@H](C[C@H](C[C@@H](CCOCc1ccccc1)OC(C)=O)OC(C)=O)OC(C)=O)OC(C)=O. The van der Waals surface area contributed by atoms with E-state index in [1.54, 1.807) is 0 Å². The molecule has 0 bridgehead atoms. The third-order valence-corrected chi connectivity index (χ3v) is 4.82. The van der Waals surface area contributed by atoms with Gasteiger partial charge in [0.05, 0.1) is 13.2 Å². The Labute approximate surface area is 206 Å². The topological polar surface area (TPSA) is 114 Å². The third-order valence-electron chi connectivity index (χ3n) is 4.82. The molecular weight excluding hydrogens is 456 g/mol. The molecule has 0 radical (unpaired) electrons. The molecule has 9 heteroatoms. The lowest BCUT2D eigenvalue weighted by molar-refractivity contribution is -0.158. The van der Waals surface area contributed by atoms with Crippen LogP contribution in [0.2, 0.25) is 0 Å². The Morgan fingerprint density at radius 1 is 0.743 bits per heavy atom. The summed E-state index contributed by atoms with van der Waals surface area (Å²) < 4.78 is 27.1. The molecule has 1 rings (SSSR count). The number of ether oxygens (including phenoxy) is 5. The van der Waals surface area contributed by atoms with E-state index in [4.69, 9.17) is 23.7 Å². The molecule has 194 valence electrons. The number of benzene rings is 1. The maximum absolute atomic E-state index is 11.8. The lowest BCUT2D eigenvalue weighted by Crippen LogP contribution is -2.33. The van der Waals surface area contributed by atoms with Gasteiger partial charge in [-0.15, -0.1) is 0 Å². The number of hydrogen-bond donors (Lipinski definition) is 0. The van der Waals surface area contributed by atoms with Crippen LogP contribution >= 0.6 is 0 Å². The summed E-state index contributed by atoms with van der Waals surface area (Å²) in [5.74, 6) is -2.04. The van der Waals surface area contributed by atoms with Crippen molar-refractivity contribution in [3.63, 3.8) is 0 Å². The zero-order valence-corrected chi connectivity index (χ0v) is 20.9. The zero-order chi connectivity index (χ0) is 26.2. The van der Waals surface area contributed by atoms with E-state index in [1.807, 2.05) is 30.3 Å². The molecule has 0 heterocycles. The van der Waals surface area contributed by atoms with E-state index < -0.39 is 48.3 Å². The number of hydrogen-bond acceptors (Lipinski definition) is 9. The maximum Gasteiger partial charge on any atom is 0.303 e. The smallest absolute Gasteiger partial charge is 0.303 e. The van der Waals surface area contributed by atoms with Crippen LogP contribution < -0.4 is 0 Å². The van der Waals surface area contributed by atoms with Gasteiger partial charge in [0.15, 0.2) is 0 Å². The van der Waals surface area contributed by atoms with Crippen LogP contribution in [0.1, 0.15) is 58.9 Å². The number of rotatable bonds is 16. The van der Waals surface area contributed by atoms with Gasteiger partial charge in [0.25, 0.3) is 0 Å². The summed E-state index contributed by atoms with van der Waals surface area (Å²) in [5.41, 5.74) is 1.02. The van der Waals surface area contributed by atoms with Crippen LogP contribution in [-0.2, 0) is 49.5 Å². The summed E-state index contributed by atoms with van der Waals surface area (Å²) in [6, 6.07) is 9.65. The highest BCUT2D eigenvalue weighted by molar-refractivity contribution is 5.67. The van der Waals surface area contributed by atoms with Crippen molar-refractivity contribution in [1.29, 1.82) is 0 Å². The van der Waals surface area contributed by atoms with Crippen LogP contribution in [0.3, 0.4) is 0 Å². The lowest BCUT2D eigenvalue weighted by Gasteiger charge is -2.28. The van der Waals surface area contributed by atoms with Gasteiger partial charge in [-0.2, -0.15) is 0 Å². The van der Waals surface area contributed by atoms with E-state index in [0.29, 0.717) is 19.6 Å². The summed E-state index contributed by atoms with van der Waals surface area (Å²) in [6.45, 7) is 9.46. The second-order valence-electron chi connectivity index (χ2n) is 8.11. The molecule has 35 heavy (non-hydrogen) atoms. The average Bonchev–Trinajstić information content (AvgIpc) is 2.75. The molecule has 0 unspecified atom stereocenters. The number of carbonyl (C=O) groups is 4. The monoisotopic (exact) mass is 492 g/mol. The summed E-state index contributed by atoms with van der Waals surface area (Å²) in [7, 11) is 0. The van der Waals surface area contributed by atoms with E-state index in [1.165, 1.54) is 33.8 Å². The first-order valence-corrected chi connectivity index (χ1v) is 11.5. The van der Waals surface area contributed by atoms with Crippen molar-refractivity contribution in [3.8, 4) is 0 Å². The van der Waals surface area contributed by atoms with Crippen LogP contribution in [0.25, 0.3) is 0 Å². The molecule has 0 saturated heterocycles. The Hall–Kier alpha value is -3.20. The molecule has 0 fully saturated rings. The van der Waals surface area contributed by atoms with Gasteiger partial charge in [0.2, 0.25) is 0 Å². The zero-order valence-electron chi connectivity index (χ0n) is 20.9. The van der Waals surface area contributed by atoms with Crippen LogP contribution in [0.15, 0.2) is 43.0 Å². The van der Waals surface area contributed by atoms with E-state index in [-0.39, 0.29) is 19.3 Å². The molecule has 0 amide bonds. The van der Waals surface area contributed by atoms with Gasteiger partial charge in [-0.25, -0.2) is 0 Å². The second kappa shape index (κ2) is 16.4. The van der Waals surface area contributed by atoms with Crippen LogP contribution in [0.5, 0.6) is 0 Å². The fraction of sp³-hybridized carbons (Fsp3) is 0.538. The standard InChI is InChI=1S/C26H36O9/c1-6-23(32-18(2)27)14-25(34-20(4)29)16-26(35-21(5)30)15-24(33-19(3)28)12-13-31-17-22-10-8-7-9-11-22/h6-11,23-26H,1,12-17H2,2-5H3/t23-,24-,25+,26+/m1/s1. The first-order valence-electron chi connectivity index (χ1n) is 11.5. The van der Waals surface area contributed by atoms with Gasteiger partial charge < -0.3 is 23.7 Å². The Morgan fingerprint density at radius 2 is 1.23 bits per heavy atom. The van der Waals surface area contributed by atoms with Gasteiger partial charge >= 0.3 is 23.9 Å². The van der Waals surface area contributed by atoms with Crippen molar-refractivity contribution >= 4 is 23.9 Å².